The summed E-state index contributed by atoms with van der Waals surface area (Å²) in [5.74, 6) is -0.886. The van der Waals surface area contributed by atoms with Gasteiger partial charge in [0.15, 0.2) is 0 Å². The van der Waals surface area contributed by atoms with Gasteiger partial charge in [-0.05, 0) is 43.2 Å². The van der Waals surface area contributed by atoms with E-state index < -0.39 is 5.97 Å². The predicted molar refractivity (Wildman–Crippen MR) is 76.6 cm³/mol. The van der Waals surface area contributed by atoms with Gasteiger partial charge >= 0.3 is 5.97 Å². The highest BCUT2D eigenvalue weighted by Gasteiger charge is 2.06. The molecular weight excluding hydrogens is 238 g/mol. The van der Waals surface area contributed by atoms with Crippen LogP contribution in [0, 0.1) is 13.8 Å². The zero-order valence-corrected chi connectivity index (χ0v) is 11.1. The quantitative estimate of drug-likeness (QED) is 0.877. The van der Waals surface area contributed by atoms with Gasteiger partial charge < -0.3 is 10.4 Å². The van der Waals surface area contributed by atoms with Crippen molar-refractivity contribution in [1.82, 2.24) is 0 Å². The minimum atomic E-state index is -0.886. The number of carboxylic acids is 1. The van der Waals surface area contributed by atoms with Crippen molar-refractivity contribution < 1.29 is 9.90 Å². The maximum absolute atomic E-state index is 10.9. The molecule has 2 rings (SSSR count). The maximum atomic E-state index is 10.9. The largest absolute Gasteiger partial charge is 0.478 e. The number of hydrogen-bond acceptors (Lipinski definition) is 2. The number of anilines is 1. The van der Waals surface area contributed by atoms with Gasteiger partial charge in [-0.1, -0.05) is 29.8 Å². The Balaban J connectivity index is 2.08. The second kappa shape index (κ2) is 5.57. The van der Waals surface area contributed by atoms with E-state index in [2.05, 4.69) is 30.4 Å². The first-order valence-corrected chi connectivity index (χ1v) is 6.19. The van der Waals surface area contributed by atoms with Crippen LogP contribution in [0.4, 0.5) is 5.69 Å². The van der Waals surface area contributed by atoms with E-state index in [9.17, 15) is 4.79 Å². The average molecular weight is 255 g/mol. The fourth-order valence-corrected chi connectivity index (χ4v) is 2.04. The van der Waals surface area contributed by atoms with Crippen molar-refractivity contribution in [3.05, 3.63) is 64.7 Å². The zero-order chi connectivity index (χ0) is 13.8. The number of nitrogens with one attached hydrogen (secondary N) is 1. The van der Waals surface area contributed by atoms with Crippen molar-refractivity contribution >= 4 is 11.7 Å². The number of carboxylic acid groups (broad SMARTS) is 1. The van der Waals surface area contributed by atoms with E-state index in [1.807, 2.05) is 12.1 Å². The summed E-state index contributed by atoms with van der Waals surface area (Å²) in [7, 11) is 0. The molecule has 98 valence electrons. The topological polar surface area (TPSA) is 49.3 Å². The second-order valence-corrected chi connectivity index (χ2v) is 4.68. The van der Waals surface area contributed by atoms with E-state index in [-0.39, 0.29) is 0 Å². The van der Waals surface area contributed by atoms with E-state index in [0.717, 1.165) is 17.8 Å². The van der Waals surface area contributed by atoms with Gasteiger partial charge in [0.25, 0.3) is 0 Å². The van der Waals surface area contributed by atoms with Gasteiger partial charge in [0.1, 0.15) is 0 Å². The van der Waals surface area contributed by atoms with Crippen LogP contribution in [-0.2, 0) is 6.54 Å². The molecule has 0 radical (unpaired) electrons. The van der Waals surface area contributed by atoms with Crippen molar-refractivity contribution in [2.45, 2.75) is 20.4 Å². The minimum Gasteiger partial charge on any atom is -0.478 e. The molecule has 0 aliphatic rings. The lowest BCUT2D eigenvalue weighted by molar-refractivity contribution is 0.0696. The second-order valence-electron chi connectivity index (χ2n) is 4.68. The van der Waals surface area contributed by atoms with E-state index >= 15 is 0 Å². The third kappa shape index (κ3) is 3.35. The lowest BCUT2D eigenvalue weighted by atomic mass is 10.1. The third-order valence-corrected chi connectivity index (χ3v) is 3.04. The molecule has 2 N–H and O–H groups in total. The molecule has 0 aromatic heterocycles. The highest BCUT2D eigenvalue weighted by molar-refractivity contribution is 5.89. The van der Waals surface area contributed by atoms with E-state index in [1.54, 1.807) is 19.1 Å². The van der Waals surface area contributed by atoms with Crippen molar-refractivity contribution in [2.75, 3.05) is 5.32 Å². The molecule has 0 amide bonds. The fraction of sp³-hybridized carbons (Fsp3) is 0.188. The molecule has 2 aromatic carbocycles. The highest BCUT2D eigenvalue weighted by atomic mass is 16.4. The van der Waals surface area contributed by atoms with E-state index in [1.165, 1.54) is 11.1 Å². The van der Waals surface area contributed by atoms with Crippen LogP contribution in [-0.4, -0.2) is 11.1 Å². The maximum Gasteiger partial charge on any atom is 0.335 e. The average Bonchev–Trinajstić information content (AvgIpc) is 2.36. The van der Waals surface area contributed by atoms with Gasteiger partial charge in [-0.15, -0.1) is 0 Å². The molecule has 0 heterocycles. The lowest BCUT2D eigenvalue weighted by Crippen LogP contribution is -2.03. The normalized spacial score (nSPS) is 10.2. The van der Waals surface area contributed by atoms with Gasteiger partial charge in [-0.3, -0.25) is 0 Å². The Labute approximate surface area is 112 Å². The molecule has 3 nitrogen and oxygen atoms in total. The molecule has 0 aliphatic heterocycles. The van der Waals surface area contributed by atoms with Gasteiger partial charge in [0, 0.05) is 12.2 Å². The van der Waals surface area contributed by atoms with Gasteiger partial charge in [0.2, 0.25) is 0 Å². The fourth-order valence-electron chi connectivity index (χ4n) is 2.04. The van der Waals surface area contributed by atoms with Crippen molar-refractivity contribution in [2.24, 2.45) is 0 Å². The Morgan fingerprint density at radius 3 is 2.58 bits per heavy atom. The molecule has 2 aromatic rings. The molecule has 19 heavy (non-hydrogen) atoms. The first-order valence-electron chi connectivity index (χ1n) is 6.19. The number of rotatable bonds is 4. The zero-order valence-electron chi connectivity index (χ0n) is 11.1. The van der Waals surface area contributed by atoms with Crippen molar-refractivity contribution in [1.29, 1.82) is 0 Å². The third-order valence-electron chi connectivity index (χ3n) is 3.04. The summed E-state index contributed by atoms with van der Waals surface area (Å²) < 4.78 is 0. The Morgan fingerprint density at radius 1 is 1.16 bits per heavy atom. The van der Waals surface area contributed by atoms with Gasteiger partial charge in [0.05, 0.1) is 5.56 Å². The van der Waals surface area contributed by atoms with E-state index in [4.69, 9.17) is 5.11 Å². The Hall–Kier alpha value is -2.29. The first kappa shape index (κ1) is 13.1. The summed E-state index contributed by atoms with van der Waals surface area (Å²) in [6.07, 6.45) is 0. The van der Waals surface area contributed by atoms with Crippen LogP contribution < -0.4 is 5.32 Å². The van der Waals surface area contributed by atoms with Crippen LogP contribution >= 0.6 is 0 Å². The number of carbonyl (C=O) groups is 1. The van der Waals surface area contributed by atoms with E-state index in [0.29, 0.717) is 5.56 Å². The Bertz CT molecular complexity index is 605. The van der Waals surface area contributed by atoms with Crippen LogP contribution in [0.2, 0.25) is 0 Å². The molecular formula is C16H17NO2. The predicted octanol–water partition coefficient (Wildman–Crippen LogP) is 3.61. The molecule has 3 heteroatoms. The smallest absolute Gasteiger partial charge is 0.335 e. The summed E-state index contributed by atoms with van der Waals surface area (Å²) >= 11 is 0. The number of hydrogen-bond donors (Lipinski definition) is 2. The molecule has 0 unspecified atom stereocenters. The van der Waals surface area contributed by atoms with Crippen molar-refractivity contribution in [3.63, 3.8) is 0 Å². The summed E-state index contributed by atoms with van der Waals surface area (Å²) in [5, 5.41) is 12.3. The van der Waals surface area contributed by atoms with Crippen LogP contribution in [0.5, 0.6) is 0 Å². The summed E-state index contributed by atoms with van der Waals surface area (Å²) in [5.41, 5.74) is 4.49. The monoisotopic (exact) mass is 255 g/mol. The van der Waals surface area contributed by atoms with Crippen molar-refractivity contribution in [3.8, 4) is 0 Å². The molecule has 0 aliphatic carbocycles. The number of benzene rings is 2. The minimum absolute atomic E-state index is 0.348. The lowest BCUT2D eigenvalue weighted by Gasteiger charge is -2.09. The summed E-state index contributed by atoms with van der Waals surface area (Å²) in [6, 6.07) is 13.6. The van der Waals surface area contributed by atoms with Crippen LogP contribution in [0.15, 0.2) is 42.5 Å². The molecule has 0 bridgehead atoms. The van der Waals surface area contributed by atoms with Crippen LogP contribution in [0.25, 0.3) is 0 Å². The first-order chi connectivity index (χ1) is 9.06. The molecule has 0 spiro atoms. The SMILES string of the molecule is Cc1cccc(CNc2ccc(C(=O)O)c(C)c2)c1. The Morgan fingerprint density at radius 2 is 1.95 bits per heavy atom. The van der Waals surface area contributed by atoms with Gasteiger partial charge in [-0.25, -0.2) is 4.79 Å². The van der Waals surface area contributed by atoms with Gasteiger partial charge in [-0.2, -0.15) is 0 Å². The van der Waals surface area contributed by atoms with Crippen LogP contribution in [0.3, 0.4) is 0 Å². The summed E-state index contributed by atoms with van der Waals surface area (Å²) in [6.45, 7) is 4.60. The molecule has 0 fully saturated rings. The molecule has 0 saturated carbocycles. The molecule has 0 atom stereocenters. The molecule has 0 saturated heterocycles. The van der Waals surface area contributed by atoms with Crippen LogP contribution in [0.1, 0.15) is 27.0 Å². The standard InChI is InChI=1S/C16H17NO2/c1-11-4-3-5-13(8-11)10-17-14-6-7-15(16(18)19)12(2)9-14/h3-9,17H,10H2,1-2H3,(H,18,19). The summed E-state index contributed by atoms with van der Waals surface area (Å²) in [4.78, 5) is 10.9. The Kier molecular flexibility index (Phi) is 3.85. The highest BCUT2D eigenvalue weighted by Crippen LogP contribution is 2.16. The number of aryl methyl sites for hydroxylation is 2. The number of aromatic carboxylic acids is 1.